The average Bonchev–Trinajstić information content (AvgIpc) is 3.22. The fourth-order valence-electron chi connectivity index (χ4n) is 3.73. The van der Waals surface area contributed by atoms with Gasteiger partial charge in [-0.2, -0.15) is 0 Å². The number of carbonyl (C=O) groups is 2. The second-order valence-electron chi connectivity index (χ2n) is 7.12. The molecular formula is C24H22N2O5. The number of methoxy groups -OCH3 is 1. The molecular weight excluding hydrogens is 396 g/mol. The number of rotatable bonds is 6. The van der Waals surface area contributed by atoms with Crippen LogP contribution in [0.4, 0.5) is 11.4 Å². The van der Waals surface area contributed by atoms with Crippen molar-refractivity contribution in [3.63, 3.8) is 0 Å². The Labute approximate surface area is 179 Å². The Morgan fingerprint density at radius 1 is 0.935 bits per heavy atom. The van der Waals surface area contributed by atoms with Crippen LogP contribution in [-0.4, -0.2) is 30.2 Å². The minimum atomic E-state index is -1.34. The Morgan fingerprint density at radius 3 is 2.13 bits per heavy atom. The summed E-state index contributed by atoms with van der Waals surface area (Å²) in [5.41, 5.74) is 1.99. The lowest BCUT2D eigenvalue weighted by Gasteiger charge is -2.27. The first-order valence-corrected chi connectivity index (χ1v) is 9.82. The summed E-state index contributed by atoms with van der Waals surface area (Å²) in [6.07, 6.45) is -1.34. The molecule has 31 heavy (non-hydrogen) atoms. The van der Waals surface area contributed by atoms with Crippen LogP contribution in [0, 0.1) is 5.92 Å². The fourth-order valence-corrected chi connectivity index (χ4v) is 3.73. The highest BCUT2D eigenvalue weighted by molar-refractivity contribution is 5.97. The lowest BCUT2D eigenvalue weighted by molar-refractivity contribution is -0.151. The molecule has 0 radical (unpaired) electrons. The number of hydrogen-bond acceptors (Lipinski definition) is 5. The second-order valence-corrected chi connectivity index (χ2v) is 7.12. The zero-order chi connectivity index (χ0) is 21.8. The van der Waals surface area contributed by atoms with E-state index in [0.717, 1.165) is 5.56 Å². The summed E-state index contributed by atoms with van der Waals surface area (Å²) in [5, 5.41) is 14.2. The van der Waals surface area contributed by atoms with Gasteiger partial charge in [-0.3, -0.25) is 9.63 Å². The van der Waals surface area contributed by atoms with E-state index >= 15 is 0 Å². The molecule has 0 bridgehead atoms. The van der Waals surface area contributed by atoms with E-state index in [9.17, 15) is 14.7 Å². The minimum Gasteiger partial charge on any atom is -0.497 e. The smallest absolute Gasteiger partial charge is 0.336 e. The largest absolute Gasteiger partial charge is 0.497 e. The van der Waals surface area contributed by atoms with Crippen molar-refractivity contribution in [3.8, 4) is 5.75 Å². The predicted molar refractivity (Wildman–Crippen MR) is 116 cm³/mol. The van der Waals surface area contributed by atoms with Gasteiger partial charge in [0.25, 0.3) is 0 Å². The number of nitrogens with zero attached hydrogens (tertiary/aromatic N) is 1. The van der Waals surface area contributed by atoms with Crippen LogP contribution < -0.4 is 15.1 Å². The summed E-state index contributed by atoms with van der Waals surface area (Å²) < 4.78 is 5.14. The summed E-state index contributed by atoms with van der Waals surface area (Å²) in [5.74, 6) is -1.97. The lowest BCUT2D eigenvalue weighted by atomic mass is 9.88. The number of benzene rings is 3. The Bertz CT molecular complexity index is 1040. The number of para-hydroxylation sites is 1. The molecule has 0 saturated carbocycles. The molecule has 7 nitrogen and oxygen atoms in total. The van der Waals surface area contributed by atoms with Crippen molar-refractivity contribution in [2.45, 2.75) is 12.1 Å². The average molecular weight is 418 g/mol. The van der Waals surface area contributed by atoms with Crippen molar-refractivity contribution in [2.24, 2.45) is 5.92 Å². The highest BCUT2D eigenvalue weighted by Gasteiger charge is 2.52. The third kappa shape index (κ3) is 4.22. The van der Waals surface area contributed by atoms with E-state index in [1.54, 1.807) is 31.4 Å². The molecule has 1 aliphatic rings. The summed E-state index contributed by atoms with van der Waals surface area (Å²) in [6.45, 7) is 0. The van der Waals surface area contributed by atoms with Gasteiger partial charge in [-0.1, -0.05) is 48.5 Å². The van der Waals surface area contributed by atoms with E-state index < -0.39 is 29.9 Å². The number of nitrogens with one attached hydrogen (secondary N) is 1. The number of anilines is 2. The van der Waals surface area contributed by atoms with Gasteiger partial charge in [0.15, 0.2) is 6.10 Å². The van der Waals surface area contributed by atoms with Crippen LogP contribution >= 0.6 is 0 Å². The SMILES string of the molecule is COc1ccc(NC(=O)[C@@H]2[C@H](C(=O)O)ON(c3ccccc3)[C@H]2c2ccccc2)cc1. The zero-order valence-corrected chi connectivity index (χ0v) is 16.8. The van der Waals surface area contributed by atoms with Crippen LogP contribution in [0.2, 0.25) is 0 Å². The lowest BCUT2D eigenvalue weighted by Crippen LogP contribution is -2.37. The molecule has 2 N–H and O–H groups in total. The number of ether oxygens (including phenoxy) is 1. The zero-order valence-electron chi connectivity index (χ0n) is 16.8. The van der Waals surface area contributed by atoms with Crippen molar-refractivity contribution in [1.82, 2.24) is 0 Å². The molecule has 158 valence electrons. The van der Waals surface area contributed by atoms with Crippen LogP contribution in [0.5, 0.6) is 5.75 Å². The third-order valence-corrected chi connectivity index (χ3v) is 5.20. The van der Waals surface area contributed by atoms with Gasteiger partial charge in [-0.15, -0.1) is 0 Å². The number of carboxylic acids is 1. The standard InChI is InChI=1S/C24H22N2O5/c1-30-19-14-12-17(13-15-19)25-23(27)20-21(16-8-4-2-5-9-16)26(31-22(20)24(28)29)18-10-6-3-7-11-18/h2-15,20-22H,1H3,(H,25,27)(H,28,29)/t20-,21-,22+/m0/s1. The first kappa shape index (κ1) is 20.4. The van der Waals surface area contributed by atoms with Crippen LogP contribution in [0.1, 0.15) is 11.6 Å². The molecule has 0 aromatic heterocycles. The number of carbonyl (C=O) groups excluding carboxylic acids is 1. The molecule has 1 heterocycles. The van der Waals surface area contributed by atoms with E-state index in [4.69, 9.17) is 9.57 Å². The van der Waals surface area contributed by atoms with Crippen LogP contribution in [0.15, 0.2) is 84.9 Å². The maximum Gasteiger partial charge on any atom is 0.336 e. The van der Waals surface area contributed by atoms with Crippen molar-refractivity contribution in [3.05, 3.63) is 90.5 Å². The van der Waals surface area contributed by atoms with Crippen LogP contribution in [0.3, 0.4) is 0 Å². The molecule has 3 aromatic rings. The van der Waals surface area contributed by atoms with Gasteiger partial charge in [0.1, 0.15) is 11.7 Å². The van der Waals surface area contributed by atoms with Gasteiger partial charge in [-0.05, 0) is 42.0 Å². The van der Waals surface area contributed by atoms with E-state index in [1.807, 2.05) is 60.7 Å². The van der Waals surface area contributed by atoms with Crippen molar-refractivity contribution < 1.29 is 24.3 Å². The highest BCUT2D eigenvalue weighted by Crippen LogP contribution is 2.43. The van der Waals surface area contributed by atoms with Gasteiger partial charge in [0, 0.05) is 5.69 Å². The molecule has 0 unspecified atom stereocenters. The van der Waals surface area contributed by atoms with Gasteiger partial charge in [0.2, 0.25) is 5.91 Å². The Kier molecular flexibility index (Phi) is 5.86. The first-order chi connectivity index (χ1) is 15.1. The van der Waals surface area contributed by atoms with E-state index in [-0.39, 0.29) is 0 Å². The number of hydrogen-bond donors (Lipinski definition) is 2. The van der Waals surface area contributed by atoms with Gasteiger partial charge in [0.05, 0.1) is 18.8 Å². The Hall–Kier alpha value is -3.84. The summed E-state index contributed by atoms with van der Waals surface area (Å²) in [7, 11) is 1.56. The molecule has 1 saturated heterocycles. The summed E-state index contributed by atoms with van der Waals surface area (Å²) in [6, 6.07) is 24.7. The Balaban J connectivity index is 1.72. The molecule has 7 heteroatoms. The van der Waals surface area contributed by atoms with E-state index in [1.165, 1.54) is 5.06 Å². The Morgan fingerprint density at radius 2 is 1.55 bits per heavy atom. The number of aliphatic carboxylic acids is 1. The molecule has 4 rings (SSSR count). The molecule has 0 aliphatic carbocycles. The molecule has 3 aromatic carbocycles. The number of carboxylic acid groups (broad SMARTS) is 1. The van der Waals surface area contributed by atoms with Gasteiger partial charge >= 0.3 is 5.97 Å². The van der Waals surface area contributed by atoms with Gasteiger partial charge in [-0.25, -0.2) is 9.86 Å². The highest BCUT2D eigenvalue weighted by atomic mass is 16.7. The molecule has 0 spiro atoms. The van der Waals surface area contributed by atoms with Crippen molar-refractivity contribution in [2.75, 3.05) is 17.5 Å². The fraction of sp³-hybridized carbons (Fsp3) is 0.167. The quantitative estimate of drug-likeness (QED) is 0.631. The van der Waals surface area contributed by atoms with Gasteiger partial charge < -0.3 is 15.2 Å². The van der Waals surface area contributed by atoms with E-state index in [0.29, 0.717) is 17.1 Å². The minimum absolute atomic E-state index is 0.440. The summed E-state index contributed by atoms with van der Waals surface area (Å²) >= 11 is 0. The maximum atomic E-state index is 13.3. The molecule has 1 amide bonds. The van der Waals surface area contributed by atoms with Crippen molar-refractivity contribution in [1.29, 1.82) is 0 Å². The molecule has 1 aliphatic heterocycles. The second kappa shape index (κ2) is 8.89. The molecule has 3 atom stereocenters. The first-order valence-electron chi connectivity index (χ1n) is 9.82. The van der Waals surface area contributed by atoms with Crippen LogP contribution in [0.25, 0.3) is 0 Å². The third-order valence-electron chi connectivity index (χ3n) is 5.20. The molecule has 1 fully saturated rings. The van der Waals surface area contributed by atoms with Crippen molar-refractivity contribution >= 4 is 23.3 Å². The maximum absolute atomic E-state index is 13.3. The topological polar surface area (TPSA) is 88.1 Å². The number of amides is 1. The van der Waals surface area contributed by atoms with E-state index in [2.05, 4.69) is 5.32 Å². The normalized spacial score (nSPS) is 20.3. The predicted octanol–water partition coefficient (Wildman–Crippen LogP) is 3.90. The number of hydroxylamine groups is 1. The monoisotopic (exact) mass is 418 g/mol. The summed E-state index contributed by atoms with van der Waals surface area (Å²) in [4.78, 5) is 31.2. The van der Waals surface area contributed by atoms with Crippen LogP contribution in [-0.2, 0) is 14.4 Å².